The topological polar surface area (TPSA) is 66.6 Å². The lowest BCUT2D eigenvalue weighted by Crippen LogP contribution is -2.34. The molecule has 0 aliphatic rings. The lowest BCUT2D eigenvalue weighted by atomic mass is 10.2. The van der Waals surface area contributed by atoms with Gasteiger partial charge in [0.25, 0.3) is 5.91 Å². The Morgan fingerprint density at radius 1 is 1.37 bits per heavy atom. The molecule has 5 heteroatoms. The van der Waals surface area contributed by atoms with E-state index in [1.54, 1.807) is 4.90 Å². The maximum Gasteiger partial charge on any atom is 0.266 e. The van der Waals surface area contributed by atoms with Crippen molar-refractivity contribution in [2.45, 2.75) is 13.3 Å². The van der Waals surface area contributed by atoms with Crippen molar-refractivity contribution in [2.75, 3.05) is 25.4 Å². The fourth-order valence-electron chi connectivity index (χ4n) is 2.07. The second-order valence-electron chi connectivity index (χ2n) is 4.36. The van der Waals surface area contributed by atoms with Gasteiger partial charge in [-0.05, 0) is 12.5 Å². The van der Waals surface area contributed by atoms with E-state index in [1.807, 2.05) is 31.2 Å². The van der Waals surface area contributed by atoms with Gasteiger partial charge in [0, 0.05) is 23.2 Å². The van der Waals surface area contributed by atoms with Gasteiger partial charge in [0.05, 0.1) is 12.3 Å². The average Bonchev–Trinajstić information content (AvgIpc) is 2.76. The van der Waals surface area contributed by atoms with Crippen LogP contribution >= 0.6 is 11.3 Å². The number of nitrogens with zero attached hydrogens (tertiary/aromatic N) is 1. The molecule has 2 rings (SSSR count). The van der Waals surface area contributed by atoms with Crippen LogP contribution in [0.2, 0.25) is 0 Å². The molecule has 0 radical (unpaired) electrons. The summed E-state index contributed by atoms with van der Waals surface area (Å²) in [5.41, 5.74) is 6.62. The molecule has 1 aromatic carbocycles. The number of amides is 1. The van der Waals surface area contributed by atoms with E-state index in [2.05, 4.69) is 0 Å². The number of carbonyl (C=O) groups excluding carboxylic acids is 1. The van der Waals surface area contributed by atoms with Crippen LogP contribution in [-0.2, 0) is 0 Å². The molecule has 0 saturated carbocycles. The summed E-state index contributed by atoms with van der Waals surface area (Å²) in [6.07, 6.45) is 0.858. The maximum atomic E-state index is 12.5. The zero-order valence-electron chi connectivity index (χ0n) is 10.9. The number of carbonyl (C=O) groups is 1. The van der Waals surface area contributed by atoms with E-state index in [4.69, 9.17) is 10.8 Å². The summed E-state index contributed by atoms with van der Waals surface area (Å²) in [6, 6.07) is 7.73. The number of hydrogen-bond donors (Lipinski definition) is 2. The summed E-state index contributed by atoms with van der Waals surface area (Å²) in [4.78, 5) is 14.7. The van der Waals surface area contributed by atoms with Gasteiger partial charge in [0.1, 0.15) is 4.88 Å². The highest BCUT2D eigenvalue weighted by Crippen LogP contribution is 2.34. The van der Waals surface area contributed by atoms with E-state index in [0.29, 0.717) is 23.7 Å². The Morgan fingerprint density at radius 3 is 2.74 bits per heavy atom. The highest BCUT2D eigenvalue weighted by atomic mass is 32.1. The van der Waals surface area contributed by atoms with Crippen LogP contribution in [0.3, 0.4) is 0 Å². The fraction of sp³-hybridized carbons (Fsp3) is 0.357. The van der Waals surface area contributed by atoms with Crippen LogP contribution < -0.4 is 5.73 Å². The second kappa shape index (κ2) is 6.04. The van der Waals surface area contributed by atoms with Crippen molar-refractivity contribution in [3.05, 3.63) is 29.1 Å². The molecular weight excluding hydrogens is 260 g/mol. The summed E-state index contributed by atoms with van der Waals surface area (Å²) in [6.45, 7) is 2.95. The van der Waals surface area contributed by atoms with Crippen LogP contribution in [0.4, 0.5) is 5.69 Å². The molecule has 1 heterocycles. The molecule has 0 bridgehead atoms. The Morgan fingerprint density at radius 2 is 2.11 bits per heavy atom. The molecule has 0 aliphatic heterocycles. The lowest BCUT2D eigenvalue weighted by molar-refractivity contribution is 0.0728. The quantitative estimate of drug-likeness (QED) is 0.882. The summed E-state index contributed by atoms with van der Waals surface area (Å²) in [5, 5.41) is 9.97. The molecule has 1 amide bonds. The number of aliphatic hydroxyl groups is 1. The van der Waals surface area contributed by atoms with Gasteiger partial charge in [0.15, 0.2) is 0 Å². The third-order valence-electron chi connectivity index (χ3n) is 2.98. The van der Waals surface area contributed by atoms with Gasteiger partial charge < -0.3 is 15.7 Å². The number of fused-ring (bicyclic) bond motifs is 1. The predicted molar refractivity (Wildman–Crippen MR) is 79.5 cm³/mol. The van der Waals surface area contributed by atoms with E-state index < -0.39 is 0 Å². The van der Waals surface area contributed by atoms with Crippen LogP contribution in [-0.4, -0.2) is 35.6 Å². The first-order valence-corrected chi connectivity index (χ1v) is 7.17. The molecule has 19 heavy (non-hydrogen) atoms. The Bertz CT molecular complexity index is 574. The van der Waals surface area contributed by atoms with Crippen molar-refractivity contribution in [2.24, 2.45) is 0 Å². The highest BCUT2D eigenvalue weighted by Gasteiger charge is 2.21. The number of nitrogen functional groups attached to an aromatic ring is 1. The standard InChI is InChI=1S/C14H18N2O2S/c1-2-7-16(8-9-17)14(18)13-12(15)10-5-3-4-6-11(10)19-13/h3-6,17H,2,7-9,15H2,1H3. The van der Waals surface area contributed by atoms with Crippen LogP contribution in [0.25, 0.3) is 10.1 Å². The summed E-state index contributed by atoms with van der Waals surface area (Å²) in [5.74, 6) is -0.0883. The van der Waals surface area contributed by atoms with Crippen LogP contribution in [0, 0.1) is 0 Å². The van der Waals surface area contributed by atoms with E-state index in [1.165, 1.54) is 11.3 Å². The summed E-state index contributed by atoms with van der Waals surface area (Å²) < 4.78 is 1.02. The highest BCUT2D eigenvalue weighted by molar-refractivity contribution is 7.21. The Kier molecular flexibility index (Phi) is 4.39. The van der Waals surface area contributed by atoms with Crippen LogP contribution in [0.1, 0.15) is 23.0 Å². The lowest BCUT2D eigenvalue weighted by Gasteiger charge is -2.20. The maximum absolute atomic E-state index is 12.5. The molecular formula is C14H18N2O2S. The number of nitrogens with two attached hydrogens (primary N) is 1. The third kappa shape index (κ3) is 2.72. The second-order valence-corrected chi connectivity index (χ2v) is 5.41. The number of rotatable bonds is 5. The number of anilines is 1. The van der Waals surface area contributed by atoms with Crippen molar-refractivity contribution in [3.8, 4) is 0 Å². The summed E-state index contributed by atoms with van der Waals surface area (Å²) >= 11 is 1.41. The van der Waals surface area contributed by atoms with E-state index in [0.717, 1.165) is 16.5 Å². The zero-order chi connectivity index (χ0) is 13.8. The fourth-order valence-corrected chi connectivity index (χ4v) is 3.16. The smallest absolute Gasteiger partial charge is 0.266 e. The number of aliphatic hydroxyl groups excluding tert-OH is 1. The van der Waals surface area contributed by atoms with Gasteiger partial charge in [-0.1, -0.05) is 25.1 Å². The number of thiophene rings is 1. The van der Waals surface area contributed by atoms with Crippen molar-refractivity contribution in [1.82, 2.24) is 4.90 Å². The molecule has 3 N–H and O–H groups in total. The Balaban J connectivity index is 2.37. The third-order valence-corrected chi connectivity index (χ3v) is 4.15. The molecule has 0 atom stereocenters. The van der Waals surface area contributed by atoms with Crippen molar-refractivity contribution in [3.63, 3.8) is 0 Å². The van der Waals surface area contributed by atoms with E-state index in [9.17, 15) is 4.79 Å². The molecule has 0 fully saturated rings. The Hall–Kier alpha value is -1.59. The molecule has 0 aliphatic carbocycles. The van der Waals surface area contributed by atoms with Gasteiger partial charge in [-0.15, -0.1) is 11.3 Å². The van der Waals surface area contributed by atoms with Crippen molar-refractivity contribution >= 4 is 33.0 Å². The zero-order valence-corrected chi connectivity index (χ0v) is 11.7. The first kappa shape index (κ1) is 13.8. The molecule has 0 saturated heterocycles. The van der Waals surface area contributed by atoms with Gasteiger partial charge in [-0.2, -0.15) is 0 Å². The minimum atomic E-state index is -0.0883. The van der Waals surface area contributed by atoms with Crippen LogP contribution in [0.5, 0.6) is 0 Å². The van der Waals surface area contributed by atoms with E-state index >= 15 is 0 Å². The van der Waals surface area contributed by atoms with Gasteiger partial charge in [-0.25, -0.2) is 0 Å². The summed E-state index contributed by atoms with van der Waals surface area (Å²) in [7, 11) is 0. The van der Waals surface area contributed by atoms with Crippen molar-refractivity contribution < 1.29 is 9.90 Å². The van der Waals surface area contributed by atoms with Gasteiger partial charge in [0.2, 0.25) is 0 Å². The minimum absolute atomic E-state index is 0.0312. The monoisotopic (exact) mass is 278 g/mol. The molecule has 2 aromatic rings. The number of benzene rings is 1. The van der Waals surface area contributed by atoms with E-state index in [-0.39, 0.29) is 12.5 Å². The molecule has 102 valence electrons. The number of hydrogen-bond acceptors (Lipinski definition) is 4. The molecule has 4 nitrogen and oxygen atoms in total. The largest absolute Gasteiger partial charge is 0.397 e. The first-order valence-electron chi connectivity index (χ1n) is 6.36. The normalized spacial score (nSPS) is 10.8. The minimum Gasteiger partial charge on any atom is -0.397 e. The SMILES string of the molecule is CCCN(CCO)C(=O)c1sc2ccccc2c1N. The molecule has 1 aromatic heterocycles. The van der Waals surface area contributed by atoms with Crippen molar-refractivity contribution in [1.29, 1.82) is 0 Å². The Labute approximate surface area is 116 Å². The molecule has 0 unspecified atom stereocenters. The van der Waals surface area contributed by atoms with Crippen LogP contribution in [0.15, 0.2) is 24.3 Å². The molecule has 0 spiro atoms. The predicted octanol–water partition coefficient (Wildman–Crippen LogP) is 2.33. The first-order chi connectivity index (χ1) is 9.19. The van der Waals surface area contributed by atoms with Gasteiger partial charge in [-0.3, -0.25) is 4.79 Å². The average molecular weight is 278 g/mol. The van der Waals surface area contributed by atoms with Gasteiger partial charge >= 0.3 is 0 Å².